The predicted octanol–water partition coefficient (Wildman–Crippen LogP) is 3.83. The fourth-order valence-corrected chi connectivity index (χ4v) is 6.40. The van der Waals surface area contributed by atoms with Crippen LogP contribution in [0.25, 0.3) is 0 Å². The fourth-order valence-electron chi connectivity index (χ4n) is 4.00. The van der Waals surface area contributed by atoms with Gasteiger partial charge in [0.2, 0.25) is 0 Å². The highest BCUT2D eigenvalue weighted by Gasteiger charge is 2.27. The van der Waals surface area contributed by atoms with Crippen LogP contribution in [-0.2, 0) is 16.6 Å². The number of carbonyl (C=O) groups excluding carboxylic acids is 1. The monoisotopic (exact) mass is 484 g/mol. The molecule has 2 aromatic carbocycles. The molecule has 0 spiro atoms. The van der Waals surface area contributed by atoms with E-state index in [4.69, 9.17) is 0 Å². The van der Waals surface area contributed by atoms with E-state index in [2.05, 4.69) is 26.7 Å². The van der Waals surface area contributed by atoms with Gasteiger partial charge in [0.15, 0.2) is 5.13 Å². The molecule has 1 N–H and O–H groups in total. The number of anilines is 1. The number of rotatable bonds is 6. The van der Waals surface area contributed by atoms with E-state index in [0.29, 0.717) is 29.2 Å². The lowest BCUT2D eigenvalue weighted by atomic mass is 10.2. The second-order valence-electron chi connectivity index (χ2n) is 8.36. The van der Waals surface area contributed by atoms with Crippen molar-refractivity contribution in [3.63, 3.8) is 0 Å². The summed E-state index contributed by atoms with van der Waals surface area (Å²) in [5, 5.41) is 0.207. The number of carbonyl (C=O) groups is 1. The molecule has 174 valence electrons. The zero-order valence-corrected chi connectivity index (χ0v) is 20.7. The summed E-state index contributed by atoms with van der Waals surface area (Å²) >= 11 is 1.09. The van der Waals surface area contributed by atoms with Crippen LogP contribution < -0.4 is 4.72 Å². The highest BCUT2D eigenvalue weighted by atomic mass is 32.2. The van der Waals surface area contributed by atoms with Gasteiger partial charge in [-0.25, -0.2) is 13.4 Å². The zero-order valence-electron chi connectivity index (χ0n) is 19.0. The van der Waals surface area contributed by atoms with E-state index in [0.717, 1.165) is 36.5 Å². The number of sulfonamides is 1. The van der Waals surface area contributed by atoms with Crippen LogP contribution in [0.4, 0.5) is 5.13 Å². The Morgan fingerprint density at radius 1 is 1.03 bits per heavy atom. The second kappa shape index (κ2) is 9.62. The van der Waals surface area contributed by atoms with E-state index < -0.39 is 10.0 Å². The number of nitrogens with one attached hydrogen (secondary N) is 1. The summed E-state index contributed by atoms with van der Waals surface area (Å²) in [5.74, 6) is -0.0960. The van der Waals surface area contributed by atoms with E-state index >= 15 is 0 Å². The Kier molecular flexibility index (Phi) is 6.83. The van der Waals surface area contributed by atoms with Crippen molar-refractivity contribution >= 4 is 32.4 Å². The smallest absolute Gasteiger partial charge is 0.266 e. The molecule has 9 heteroatoms. The zero-order chi connectivity index (χ0) is 23.6. The summed E-state index contributed by atoms with van der Waals surface area (Å²) in [6.45, 7) is 9.15. The van der Waals surface area contributed by atoms with Gasteiger partial charge in [0.05, 0.1) is 10.6 Å². The molecule has 0 atom stereocenters. The number of aryl methyl sites for hydroxylation is 3. The third kappa shape index (κ3) is 5.43. The molecule has 2 heterocycles. The third-order valence-corrected chi connectivity index (χ3v) is 8.43. The minimum atomic E-state index is -3.79. The van der Waals surface area contributed by atoms with Gasteiger partial charge in [-0.1, -0.05) is 59.4 Å². The van der Waals surface area contributed by atoms with Gasteiger partial charge < -0.3 is 4.90 Å². The lowest BCUT2D eigenvalue weighted by molar-refractivity contribution is 0.0632. The molecule has 3 aromatic rings. The van der Waals surface area contributed by atoms with Crippen molar-refractivity contribution in [3.05, 3.63) is 75.8 Å². The van der Waals surface area contributed by atoms with Crippen LogP contribution in [0.5, 0.6) is 0 Å². The Hall–Kier alpha value is -2.75. The number of nitrogens with zero attached hydrogens (tertiary/aromatic N) is 3. The minimum absolute atomic E-state index is 0.0960. The van der Waals surface area contributed by atoms with Gasteiger partial charge in [0, 0.05) is 32.7 Å². The maximum atomic E-state index is 13.1. The molecule has 0 bridgehead atoms. The van der Waals surface area contributed by atoms with Crippen molar-refractivity contribution < 1.29 is 13.2 Å². The lowest BCUT2D eigenvalue weighted by Gasteiger charge is -2.34. The Morgan fingerprint density at radius 3 is 2.39 bits per heavy atom. The van der Waals surface area contributed by atoms with Crippen molar-refractivity contribution in [2.75, 3.05) is 30.9 Å². The van der Waals surface area contributed by atoms with Gasteiger partial charge in [-0.15, -0.1) is 0 Å². The maximum Gasteiger partial charge on any atom is 0.266 e. The quantitative estimate of drug-likeness (QED) is 0.575. The first-order chi connectivity index (χ1) is 15.7. The normalized spacial score (nSPS) is 14.9. The highest BCUT2D eigenvalue weighted by molar-refractivity contribution is 7.93. The van der Waals surface area contributed by atoms with Crippen LogP contribution in [0.2, 0.25) is 0 Å². The number of hydrogen-bond acceptors (Lipinski definition) is 6. The van der Waals surface area contributed by atoms with Crippen molar-refractivity contribution in [2.24, 2.45) is 0 Å². The molecule has 0 aliphatic carbocycles. The van der Waals surface area contributed by atoms with Crippen molar-refractivity contribution in [2.45, 2.75) is 32.2 Å². The van der Waals surface area contributed by atoms with Crippen molar-refractivity contribution in [3.8, 4) is 0 Å². The Balaban J connectivity index is 1.41. The summed E-state index contributed by atoms with van der Waals surface area (Å²) in [6.07, 6.45) is 0. The van der Waals surface area contributed by atoms with Crippen LogP contribution >= 0.6 is 11.3 Å². The molecule has 0 saturated carbocycles. The molecule has 1 aliphatic rings. The topological polar surface area (TPSA) is 82.6 Å². The van der Waals surface area contributed by atoms with E-state index in [1.165, 1.54) is 5.56 Å². The number of amides is 1. The third-order valence-electron chi connectivity index (χ3n) is 5.74. The van der Waals surface area contributed by atoms with Crippen LogP contribution in [-0.4, -0.2) is 55.3 Å². The first-order valence-corrected chi connectivity index (χ1v) is 13.2. The summed E-state index contributed by atoms with van der Waals surface area (Å²) in [5.41, 5.74) is 3.46. The van der Waals surface area contributed by atoms with Crippen LogP contribution in [0.1, 0.15) is 32.1 Å². The number of aromatic nitrogens is 1. The van der Waals surface area contributed by atoms with Gasteiger partial charge in [0.25, 0.3) is 15.9 Å². The van der Waals surface area contributed by atoms with E-state index in [1.54, 1.807) is 26.0 Å². The van der Waals surface area contributed by atoms with E-state index in [-0.39, 0.29) is 15.9 Å². The number of thiazole rings is 1. The van der Waals surface area contributed by atoms with Gasteiger partial charge in [-0.05, 0) is 38.0 Å². The Labute approximate surface area is 199 Å². The van der Waals surface area contributed by atoms with Gasteiger partial charge >= 0.3 is 0 Å². The standard InChI is InChI=1S/C24H28N4O3S2/c1-17-9-10-21(18(2)15-17)33(30,31)26-24-25-19(3)22(32-24)23(29)28-13-11-27(12-14-28)16-20-7-5-4-6-8-20/h4-10,15H,11-14,16H2,1-3H3,(H,25,26). The summed E-state index contributed by atoms with van der Waals surface area (Å²) in [6, 6.07) is 15.5. The fraction of sp³-hybridized carbons (Fsp3) is 0.333. The van der Waals surface area contributed by atoms with Gasteiger partial charge in [-0.3, -0.25) is 14.4 Å². The van der Waals surface area contributed by atoms with Crippen molar-refractivity contribution in [1.29, 1.82) is 0 Å². The van der Waals surface area contributed by atoms with Crippen molar-refractivity contribution in [1.82, 2.24) is 14.8 Å². The van der Waals surface area contributed by atoms with E-state index in [1.807, 2.05) is 36.1 Å². The Bertz CT molecular complexity index is 1250. The van der Waals surface area contributed by atoms with Gasteiger partial charge in [-0.2, -0.15) is 0 Å². The van der Waals surface area contributed by atoms with E-state index in [9.17, 15) is 13.2 Å². The predicted molar refractivity (Wildman–Crippen MR) is 131 cm³/mol. The molecule has 7 nitrogen and oxygen atoms in total. The first-order valence-electron chi connectivity index (χ1n) is 10.9. The maximum absolute atomic E-state index is 13.1. The lowest BCUT2D eigenvalue weighted by Crippen LogP contribution is -2.48. The number of benzene rings is 2. The first kappa shape index (κ1) is 23.4. The summed E-state index contributed by atoms with van der Waals surface area (Å²) < 4.78 is 28.3. The van der Waals surface area contributed by atoms with Crippen LogP contribution in [0.3, 0.4) is 0 Å². The number of piperazine rings is 1. The number of hydrogen-bond donors (Lipinski definition) is 1. The Morgan fingerprint density at radius 2 is 1.73 bits per heavy atom. The van der Waals surface area contributed by atoms with Gasteiger partial charge in [0.1, 0.15) is 4.88 Å². The second-order valence-corrected chi connectivity index (χ2v) is 11.0. The molecule has 33 heavy (non-hydrogen) atoms. The van der Waals surface area contributed by atoms with Crippen LogP contribution in [0.15, 0.2) is 53.4 Å². The SMILES string of the molecule is Cc1ccc(S(=O)(=O)Nc2nc(C)c(C(=O)N3CCN(Cc4ccccc4)CC3)s2)c(C)c1. The molecular weight excluding hydrogens is 456 g/mol. The average molecular weight is 485 g/mol. The summed E-state index contributed by atoms with van der Waals surface area (Å²) in [4.78, 5) is 22.3. The molecule has 1 aliphatic heterocycles. The minimum Gasteiger partial charge on any atom is -0.335 e. The molecule has 1 saturated heterocycles. The molecule has 0 unspecified atom stereocenters. The molecule has 4 rings (SSSR count). The summed E-state index contributed by atoms with van der Waals surface area (Å²) in [7, 11) is -3.79. The molecular formula is C24H28N4O3S2. The average Bonchev–Trinajstić information content (AvgIpc) is 3.13. The van der Waals surface area contributed by atoms with Crippen LogP contribution in [0, 0.1) is 20.8 Å². The highest BCUT2D eigenvalue weighted by Crippen LogP contribution is 2.28. The largest absolute Gasteiger partial charge is 0.335 e. The molecule has 1 fully saturated rings. The molecule has 1 aromatic heterocycles. The molecule has 1 amide bonds. The molecule has 0 radical (unpaired) electrons.